The van der Waals surface area contributed by atoms with Crippen LogP contribution in [0.4, 0.5) is 0 Å². The zero-order valence-electron chi connectivity index (χ0n) is 7.95. The van der Waals surface area contributed by atoms with Gasteiger partial charge < -0.3 is 0 Å². The molecule has 0 radical (unpaired) electrons. The molecule has 4 heteroatoms. The van der Waals surface area contributed by atoms with Crippen molar-refractivity contribution in [1.29, 1.82) is 0 Å². The highest BCUT2D eigenvalue weighted by molar-refractivity contribution is 7.98. The summed E-state index contributed by atoms with van der Waals surface area (Å²) in [6.07, 6.45) is 5.76. The number of rotatable bonds is 4. The first-order chi connectivity index (χ1) is 6.27. The van der Waals surface area contributed by atoms with E-state index in [0.29, 0.717) is 0 Å². The molecule has 72 valence electrons. The largest absolute Gasteiger partial charge is 0.271 e. The summed E-state index contributed by atoms with van der Waals surface area (Å²) < 4.78 is 0. The van der Waals surface area contributed by atoms with E-state index in [1.54, 1.807) is 11.8 Å². The molecule has 1 aromatic rings. The molecule has 0 fully saturated rings. The SMILES string of the molecule is CSCC(NN)c1cncc(C)c1. The molecule has 0 aliphatic rings. The van der Waals surface area contributed by atoms with Crippen molar-refractivity contribution in [2.45, 2.75) is 13.0 Å². The molecule has 0 saturated carbocycles. The number of nitrogens with one attached hydrogen (secondary N) is 1. The quantitative estimate of drug-likeness (QED) is 0.563. The van der Waals surface area contributed by atoms with E-state index in [-0.39, 0.29) is 6.04 Å². The summed E-state index contributed by atoms with van der Waals surface area (Å²) in [6.45, 7) is 2.03. The van der Waals surface area contributed by atoms with E-state index in [9.17, 15) is 0 Å². The highest BCUT2D eigenvalue weighted by Crippen LogP contribution is 2.15. The number of thioether (sulfide) groups is 1. The van der Waals surface area contributed by atoms with Crippen LogP contribution in [-0.4, -0.2) is 17.0 Å². The fourth-order valence-electron chi connectivity index (χ4n) is 1.18. The van der Waals surface area contributed by atoms with Gasteiger partial charge in [-0.15, -0.1) is 0 Å². The summed E-state index contributed by atoms with van der Waals surface area (Å²) >= 11 is 1.76. The summed E-state index contributed by atoms with van der Waals surface area (Å²) in [4.78, 5) is 4.13. The normalized spacial score (nSPS) is 12.8. The predicted octanol–water partition coefficient (Wildman–Crippen LogP) is 1.26. The third-order valence-electron chi connectivity index (χ3n) is 1.83. The van der Waals surface area contributed by atoms with Crippen LogP contribution < -0.4 is 11.3 Å². The van der Waals surface area contributed by atoms with E-state index >= 15 is 0 Å². The van der Waals surface area contributed by atoms with Gasteiger partial charge in [-0.1, -0.05) is 6.07 Å². The topological polar surface area (TPSA) is 50.9 Å². The number of nitrogens with zero attached hydrogens (tertiary/aromatic N) is 1. The average Bonchev–Trinajstić information content (AvgIpc) is 2.14. The van der Waals surface area contributed by atoms with Crippen LogP contribution in [-0.2, 0) is 0 Å². The summed E-state index contributed by atoms with van der Waals surface area (Å²) in [7, 11) is 0. The molecule has 0 bridgehead atoms. The molecule has 0 aromatic carbocycles. The Bertz CT molecular complexity index is 265. The molecule has 1 aromatic heterocycles. The number of hydrogen-bond donors (Lipinski definition) is 2. The lowest BCUT2D eigenvalue weighted by Crippen LogP contribution is -2.29. The van der Waals surface area contributed by atoms with Gasteiger partial charge in [0, 0.05) is 18.1 Å². The minimum Gasteiger partial charge on any atom is -0.271 e. The van der Waals surface area contributed by atoms with Gasteiger partial charge in [0.25, 0.3) is 0 Å². The van der Waals surface area contributed by atoms with Crippen LogP contribution in [0.25, 0.3) is 0 Å². The van der Waals surface area contributed by atoms with Crippen molar-refractivity contribution in [1.82, 2.24) is 10.4 Å². The van der Waals surface area contributed by atoms with E-state index in [2.05, 4.69) is 22.7 Å². The molecular weight excluding hydrogens is 182 g/mol. The zero-order valence-corrected chi connectivity index (χ0v) is 8.77. The lowest BCUT2D eigenvalue weighted by Gasteiger charge is -2.14. The monoisotopic (exact) mass is 197 g/mol. The maximum atomic E-state index is 5.45. The summed E-state index contributed by atoms with van der Waals surface area (Å²) in [5.41, 5.74) is 5.10. The first-order valence-electron chi connectivity index (χ1n) is 4.14. The van der Waals surface area contributed by atoms with Crippen LogP contribution in [0.3, 0.4) is 0 Å². The van der Waals surface area contributed by atoms with E-state index < -0.39 is 0 Å². The van der Waals surface area contributed by atoms with Crippen LogP contribution in [0.2, 0.25) is 0 Å². The maximum absolute atomic E-state index is 5.45. The fraction of sp³-hybridized carbons (Fsp3) is 0.444. The Hall–Kier alpha value is -0.580. The highest BCUT2D eigenvalue weighted by atomic mass is 32.2. The van der Waals surface area contributed by atoms with Gasteiger partial charge in [-0.3, -0.25) is 16.3 Å². The van der Waals surface area contributed by atoms with Crippen molar-refractivity contribution < 1.29 is 0 Å². The summed E-state index contributed by atoms with van der Waals surface area (Å²) in [6, 6.07) is 2.30. The van der Waals surface area contributed by atoms with E-state index in [0.717, 1.165) is 11.3 Å². The van der Waals surface area contributed by atoms with Gasteiger partial charge in [-0.05, 0) is 24.3 Å². The smallest absolute Gasteiger partial charge is 0.0565 e. The van der Waals surface area contributed by atoms with Crippen LogP contribution >= 0.6 is 11.8 Å². The fourth-order valence-corrected chi connectivity index (χ4v) is 1.80. The first kappa shape index (κ1) is 10.5. The third kappa shape index (κ3) is 2.99. The minimum atomic E-state index is 0.197. The van der Waals surface area contributed by atoms with E-state index in [4.69, 9.17) is 5.84 Å². The lowest BCUT2D eigenvalue weighted by atomic mass is 10.1. The van der Waals surface area contributed by atoms with Crippen molar-refractivity contribution in [3.63, 3.8) is 0 Å². The minimum absolute atomic E-state index is 0.197. The molecule has 3 N–H and O–H groups in total. The molecule has 1 rings (SSSR count). The van der Waals surface area contributed by atoms with Gasteiger partial charge in [0.1, 0.15) is 0 Å². The molecule has 0 saturated heterocycles. The maximum Gasteiger partial charge on any atom is 0.0565 e. The molecule has 0 spiro atoms. The molecule has 0 aliphatic carbocycles. The third-order valence-corrected chi connectivity index (χ3v) is 2.50. The number of aromatic nitrogens is 1. The number of pyridine rings is 1. The molecule has 0 aliphatic heterocycles. The lowest BCUT2D eigenvalue weighted by molar-refractivity contribution is 0.608. The molecule has 1 unspecified atom stereocenters. The second-order valence-corrected chi connectivity index (χ2v) is 3.88. The van der Waals surface area contributed by atoms with Gasteiger partial charge >= 0.3 is 0 Å². The number of nitrogens with two attached hydrogens (primary N) is 1. The molecule has 3 nitrogen and oxygen atoms in total. The van der Waals surface area contributed by atoms with E-state index in [1.807, 2.05) is 19.3 Å². The van der Waals surface area contributed by atoms with Gasteiger partial charge in [0.05, 0.1) is 6.04 Å². The molecule has 1 heterocycles. The van der Waals surface area contributed by atoms with Crippen molar-refractivity contribution in [2.75, 3.05) is 12.0 Å². The van der Waals surface area contributed by atoms with Gasteiger partial charge in [0.15, 0.2) is 0 Å². The number of hydrogen-bond acceptors (Lipinski definition) is 4. The second kappa shape index (κ2) is 5.21. The Morgan fingerprint density at radius 2 is 2.38 bits per heavy atom. The van der Waals surface area contributed by atoms with Gasteiger partial charge in [-0.2, -0.15) is 11.8 Å². The number of aryl methyl sites for hydroxylation is 1. The Morgan fingerprint density at radius 3 is 2.92 bits per heavy atom. The van der Waals surface area contributed by atoms with Crippen molar-refractivity contribution >= 4 is 11.8 Å². The van der Waals surface area contributed by atoms with Crippen molar-refractivity contribution in [2.24, 2.45) is 5.84 Å². The van der Waals surface area contributed by atoms with Crippen LogP contribution in [0, 0.1) is 6.92 Å². The van der Waals surface area contributed by atoms with E-state index in [1.165, 1.54) is 5.56 Å². The second-order valence-electron chi connectivity index (χ2n) is 2.97. The van der Waals surface area contributed by atoms with Gasteiger partial charge in [0.2, 0.25) is 0 Å². The Balaban J connectivity index is 2.78. The first-order valence-corrected chi connectivity index (χ1v) is 5.54. The standard InChI is InChI=1S/C9H15N3S/c1-7-3-8(5-11-4-7)9(12-10)6-13-2/h3-5,9,12H,6,10H2,1-2H3. The summed E-state index contributed by atoms with van der Waals surface area (Å²) in [5, 5.41) is 0. The van der Waals surface area contributed by atoms with Crippen LogP contribution in [0.5, 0.6) is 0 Å². The van der Waals surface area contributed by atoms with Crippen molar-refractivity contribution in [3.8, 4) is 0 Å². The number of hydrazine groups is 1. The predicted molar refractivity (Wildman–Crippen MR) is 57.4 cm³/mol. The Labute approximate surface area is 83.1 Å². The van der Waals surface area contributed by atoms with Crippen LogP contribution in [0.1, 0.15) is 17.2 Å². The molecule has 13 heavy (non-hydrogen) atoms. The molecule has 1 atom stereocenters. The van der Waals surface area contributed by atoms with Crippen molar-refractivity contribution in [3.05, 3.63) is 29.6 Å². The Kier molecular flexibility index (Phi) is 4.21. The zero-order chi connectivity index (χ0) is 9.68. The molecule has 0 amide bonds. The Morgan fingerprint density at radius 1 is 1.62 bits per heavy atom. The summed E-state index contributed by atoms with van der Waals surface area (Å²) in [5.74, 6) is 6.41. The highest BCUT2D eigenvalue weighted by Gasteiger charge is 2.08. The van der Waals surface area contributed by atoms with Gasteiger partial charge in [-0.25, -0.2) is 0 Å². The molecular formula is C9H15N3S. The van der Waals surface area contributed by atoms with Crippen LogP contribution in [0.15, 0.2) is 18.5 Å². The average molecular weight is 197 g/mol.